The van der Waals surface area contributed by atoms with Crippen molar-refractivity contribution >= 4 is 16.1 Å². The van der Waals surface area contributed by atoms with Gasteiger partial charge in [0.05, 0.1) is 6.20 Å². The second kappa shape index (κ2) is 6.33. The van der Waals surface area contributed by atoms with E-state index in [0.717, 1.165) is 0 Å². The summed E-state index contributed by atoms with van der Waals surface area (Å²) in [5.41, 5.74) is 0.206. The van der Waals surface area contributed by atoms with Crippen LogP contribution in [0.25, 0.3) is 0 Å². The summed E-state index contributed by atoms with van der Waals surface area (Å²) in [4.78, 5) is 15.0. The van der Waals surface area contributed by atoms with Crippen LogP contribution in [0.4, 0.5) is 0 Å². The highest BCUT2D eigenvalue weighted by Gasteiger charge is 2.21. The molecule has 104 valence electrons. The van der Waals surface area contributed by atoms with Gasteiger partial charge in [-0.25, -0.2) is 4.79 Å². The molecule has 0 bridgehead atoms. The summed E-state index contributed by atoms with van der Waals surface area (Å²) >= 11 is 0. The molecule has 1 atom stereocenters. The number of hydrogen-bond donors (Lipinski definition) is 0. The summed E-state index contributed by atoms with van der Waals surface area (Å²) in [6.07, 6.45) is 1.95. The first-order valence-electron chi connectivity index (χ1n) is 5.49. The molecule has 1 heterocycles. The Morgan fingerprint density at radius 3 is 2.74 bits per heavy atom. The molecule has 0 aliphatic heterocycles. The maximum Gasteiger partial charge on any atom is 0.333 e. The van der Waals surface area contributed by atoms with Gasteiger partial charge in [0.15, 0.2) is 5.75 Å². The van der Waals surface area contributed by atoms with Gasteiger partial charge in [-0.05, 0) is 26.0 Å². The van der Waals surface area contributed by atoms with Crippen LogP contribution in [-0.2, 0) is 19.6 Å². The average molecular weight is 285 g/mol. The number of carbonyl (C=O) groups excluding carboxylic acids is 1. The normalized spacial score (nSPS) is 12.5. The van der Waals surface area contributed by atoms with Gasteiger partial charge in [-0.15, -0.1) is 0 Å². The van der Waals surface area contributed by atoms with Crippen LogP contribution < -0.4 is 4.18 Å². The Bertz CT molecular complexity index is 553. The number of carbonyl (C=O) groups is 1. The summed E-state index contributed by atoms with van der Waals surface area (Å²) in [6.45, 7) is 6.35. The van der Waals surface area contributed by atoms with E-state index in [9.17, 15) is 13.2 Å². The molecule has 0 amide bonds. The van der Waals surface area contributed by atoms with Crippen LogP contribution in [0, 0.1) is 0 Å². The van der Waals surface area contributed by atoms with Crippen LogP contribution in [-0.4, -0.2) is 31.2 Å². The van der Waals surface area contributed by atoms with Crippen LogP contribution in [0.2, 0.25) is 0 Å². The van der Waals surface area contributed by atoms with Crippen LogP contribution in [0.1, 0.15) is 13.8 Å². The highest BCUT2D eigenvalue weighted by molar-refractivity contribution is 7.87. The molecule has 1 aromatic heterocycles. The molecular formula is C12H15NO5S. The Labute approximate surface area is 112 Å². The van der Waals surface area contributed by atoms with Gasteiger partial charge >= 0.3 is 16.1 Å². The third-order valence-corrected chi connectivity index (χ3v) is 3.28. The first-order valence-corrected chi connectivity index (χ1v) is 7.06. The molecule has 0 aromatic carbocycles. The molecule has 1 rings (SSSR count). The van der Waals surface area contributed by atoms with E-state index >= 15 is 0 Å². The van der Waals surface area contributed by atoms with Crippen molar-refractivity contribution in [2.24, 2.45) is 0 Å². The van der Waals surface area contributed by atoms with Crippen molar-refractivity contribution in [3.05, 3.63) is 36.7 Å². The van der Waals surface area contributed by atoms with E-state index < -0.39 is 27.9 Å². The Kier molecular flexibility index (Phi) is 5.05. The lowest BCUT2D eigenvalue weighted by Crippen LogP contribution is -2.27. The number of rotatable bonds is 6. The van der Waals surface area contributed by atoms with E-state index in [-0.39, 0.29) is 11.3 Å². The predicted molar refractivity (Wildman–Crippen MR) is 69.0 cm³/mol. The average Bonchev–Trinajstić information content (AvgIpc) is 2.28. The first kappa shape index (κ1) is 15.2. The van der Waals surface area contributed by atoms with E-state index in [2.05, 4.69) is 11.6 Å². The lowest BCUT2D eigenvalue weighted by atomic mass is 10.3. The van der Waals surface area contributed by atoms with Crippen LogP contribution >= 0.6 is 0 Å². The summed E-state index contributed by atoms with van der Waals surface area (Å²) in [5, 5.41) is 0. The quantitative estimate of drug-likeness (QED) is 0.445. The Balaban J connectivity index is 2.60. The van der Waals surface area contributed by atoms with Crippen LogP contribution in [0.3, 0.4) is 0 Å². The second-order valence-corrected chi connectivity index (χ2v) is 5.61. The minimum absolute atomic E-state index is 0.112. The zero-order valence-corrected chi connectivity index (χ0v) is 11.5. The third kappa shape index (κ3) is 5.52. The molecule has 0 spiro atoms. The molecular weight excluding hydrogens is 270 g/mol. The zero-order chi connectivity index (χ0) is 14.5. The molecule has 19 heavy (non-hydrogen) atoms. The Hall–Kier alpha value is -1.89. The summed E-state index contributed by atoms with van der Waals surface area (Å²) in [5.74, 6) is -0.967. The molecule has 0 N–H and O–H groups in total. The highest BCUT2D eigenvalue weighted by Crippen LogP contribution is 2.11. The van der Waals surface area contributed by atoms with E-state index in [1.165, 1.54) is 32.3 Å². The van der Waals surface area contributed by atoms with Crippen molar-refractivity contribution in [1.82, 2.24) is 4.98 Å². The maximum atomic E-state index is 11.7. The van der Waals surface area contributed by atoms with Gasteiger partial charge in [0.2, 0.25) is 0 Å². The molecule has 0 aliphatic rings. The van der Waals surface area contributed by atoms with Gasteiger partial charge in [0, 0.05) is 11.8 Å². The van der Waals surface area contributed by atoms with Crippen molar-refractivity contribution in [3.63, 3.8) is 0 Å². The van der Waals surface area contributed by atoms with Crippen molar-refractivity contribution in [2.45, 2.75) is 20.0 Å². The van der Waals surface area contributed by atoms with E-state index in [1.807, 2.05) is 0 Å². The molecule has 1 unspecified atom stereocenters. The SMILES string of the molecule is C=C(C)C(=O)OC(C)CS(=O)(=O)Oc1cccnc1. The molecule has 0 radical (unpaired) electrons. The number of esters is 1. The minimum Gasteiger partial charge on any atom is -0.458 e. The topological polar surface area (TPSA) is 82.6 Å². The molecule has 7 heteroatoms. The molecule has 0 fully saturated rings. The smallest absolute Gasteiger partial charge is 0.333 e. The predicted octanol–water partition coefficient (Wildman–Crippen LogP) is 1.30. The Morgan fingerprint density at radius 2 is 2.21 bits per heavy atom. The number of nitrogens with zero attached hydrogens (tertiary/aromatic N) is 1. The molecule has 6 nitrogen and oxygen atoms in total. The highest BCUT2D eigenvalue weighted by atomic mass is 32.2. The number of ether oxygens (including phenoxy) is 1. The number of aromatic nitrogens is 1. The van der Waals surface area contributed by atoms with E-state index in [1.54, 1.807) is 6.07 Å². The molecule has 0 aliphatic carbocycles. The fourth-order valence-electron chi connectivity index (χ4n) is 1.18. The molecule has 1 aromatic rings. The van der Waals surface area contributed by atoms with Gasteiger partial charge < -0.3 is 8.92 Å². The van der Waals surface area contributed by atoms with Crippen LogP contribution in [0.5, 0.6) is 5.75 Å². The van der Waals surface area contributed by atoms with Crippen molar-refractivity contribution in [3.8, 4) is 5.75 Å². The number of pyridine rings is 1. The summed E-state index contributed by atoms with van der Waals surface area (Å²) in [7, 11) is -3.85. The Morgan fingerprint density at radius 1 is 1.53 bits per heavy atom. The van der Waals surface area contributed by atoms with E-state index in [0.29, 0.717) is 0 Å². The zero-order valence-electron chi connectivity index (χ0n) is 10.7. The number of hydrogen-bond acceptors (Lipinski definition) is 6. The lowest BCUT2D eigenvalue weighted by molar-refractivity contribution is -0.142. The van der Waals surface area contributed by atoms with Crippen molar-refractivity contribution in [2.75, 3.05) is 5.75 Å². The van der Waals surface area contributed by atoms with Crippen molar-refractivity contribution in [1.29, 1.82) is 0 Å². The maximum absolute atomic E-state index is 11.7. The minimum atomic E-state index is -3.85. The van der Waals surface area contributed by atoms with Gasteiger partial charge in [-0.3, -0.25) is 4.98 Å². The van der Waals surface area contributed by atoms with Gasteiger partial charge in [0.1, 0.15) is 11.9 Å². The standard InChI is InChI=1S/C12H15NO5S/c1-9(2)12(14)17-10(3)8-19(15,16)18-11-5-4-6-13-7-11/h4-7,10H,1,8H2,2-3H3. The van der Waals surface area contributed by atoms with Gasteiger partial charge in [-0.1, -0.05) is 6.58 Å². The third-order valence-electron chi connectivity index (χ3n) is 1.95. The summed E-state index contributed by atoms with van der Waals surface area (Å²) in [6, 6.07) is 3.02. The summed E-state index contributed by atoms with van der Waals surface area (Å²) < 4.78 is 33.1. The lowest BCUT2D eigenvalue weighted by Gasteiger charge is -2.13. The van der Waals surface area contributed by atoms with Crippen molar-refractivity contribution < 1.29 is 22.1 Å². The fraction of sp³-hybridized carbons (Fsp3) is 0.333. The second-order valence-electron chi connectivity index (χ2n) is 3.99. The monoisotopic (exact) mass is 285 g/mol. The van der Waals surface area contributed by atoms with Crippen LogP contribution in [0.15, 0.2) is 36.7 Å². The van der Waals surface area contributed by atoms with Gasteiger partial charge in [0.25, 0.3) is 0 Å². The van der Waals surface area contributed by atoms with Gasteiger partial charge in [-0.2, -0.15) is 8.42 Å². The fourth-order valence-corrected chi connectivity index (χ4v) is 2.28. The largest absolute Gasteiger partial charge is 0.458 e. The molecule has 0 saturated heterocycles. The van der Waals surface area contributed by atoms with E-state index in [4.69, 9.17) is 8.92 Å². The molecule has 0 saturated carbocycles. The first-order chi connectivity index (χ1) is 8.80.